The Labute approximate surface area is 112 Å². The highest BCUT2D eigenvalue weighted by Gasteiger charge is 2.30. The van der Waals surface area contributed by atoms with Gasteiger partial charge in [0.1, 0.15) is 0 Å². The number of ether oxygens (including phenoxy) is 1. The summed E-state index contributed by atoms with van der Waals surface area (Å²) in [6.07, 6.45) is 0.670. The molecule has 0 bridgehead atoms. The van der Waals surface area contributed by atoms with E-state index >= 15 is 0 Å². The summed E-state index contributed by atoms with van der Waals surface area (Å²) in [6, 6.07) is 7.55. The molecule has 0 aromatic heterocycles. The van der Waals surface area contributed by atoms with Gasteiger partial charge in [0, 0.05) is 29.8 Å². The maximum Gasteiger partial charge on any atom is 0.310 e. The molecule has 0 radical (unpaired) electrons. The number of hydrogen-bond acceptors (Lipinski definition) is 4. The molecule has 18 heavy (non-hydrogen) atoms. The molecule has 0 amide bonds. The Morgan fingerprint density at radius 1 is 1.50 bits per heavy atom. The first-order valence-corrected chi connectivity index (χ1v) is 6.32. The minimum Gasteiger partial charge on any atom is -0.469 e. The van der Waals surface area contributed by atoms with Crippen molar-refractivity contribution in [2.75, 3.05) is 25.1 Å². The summed E-state index contributed by atoms with van der Waals surface area (Å²) in [4.78, 5) is 13.7. The van der Waals surface area contributed by atoms with Crippen LogP contribution in [-0.4, -0.2) is 32.2 Å². The molecule has 1 aromatic rings. The van der Waals surface area contributed by atoms with Gasteiger partial charge in [-0.2, -0.15) is 0 Å². The summed E-state index contributed by atoms with van der Waals surface area (Å²) in [7, 11) is 1.41. The molecule has 5 heteroatoms. The predicted molar refractivity (Wildman–Crippen MR) is 71.8 cm³/mol. The standard InChI is InChI=1S/C13H17ClN2O2/c1-18-13(17)9-5-11(15)8-16(7-9)12-4-2-3-10(14)6-12/h2-4,6,9,11H,5,7-8,15H2,1H3. The zero-order valence-electron chi connectivity index (χ0n) is 10.3. The summed E-state index contributed by atoms with van der Waals surface area (Å²) in [6.45, 7) is 1.36. The van der Waals surface area contributed by atoms with Crippen LogP contribution in [-0.2, 0) is 9.53 Å². The van der Waals surface area contributed by atoms with Crippen molar-refractivity contribution in [3.63, 3.8) is 0 Å². The van der Waals surface area contributed by atoms with Crippen molar-refractivity contribution in [2.45, 2.75) is 12.5 Å². The number of carbonyl (C=O) groups is 1. The molecule has 1 aliphatic rings. The molecule has 0 saturated carbocycles. The lowest BCUT2D eigenvalue weighted by atomic mass is 9.94. The molecule has 4 nitrogen and oxygen atoms in total. The Hall–Kier alpha value is -1.26. The zero-order valence-corrected chi connectivity index (χ0v) is 11.1. The molecular formula is C13H17ClN2O2. The molecule has 2 rings (SSSR count). The van der Waals surface area contributed by atoms with Gasteiger partial charge in [-0.1, -0.05) is 17.7 Å². The van der Waals surface area contributed by atoms with E-state index in [2.05, 4.69) is 4.90 Å². The summed E-state index contributed by atoms with van der Waals surface area (Å²) in [5, 5.41) is 0.682. The third-order valence-corrected chi connectivity index (χ3v) is 3.43. The summed E-state index contributed by atoms with van der Waals surface area (Å²) in [5.74, 6) is -0.366. The molecule has 0 aliphatic carbocycles. The number of methoxy groups -OCH3 is 1. The minimum absolute atomic E-state index is 0.0261. The van der Waals surface area contributed by atoms with E-state index in [1.54, 1.807) is 0 Å². The Morgan fingerprint density at radius 3 is 2.94 bits per heavy atom. The molecule has 1 fully saturated rings. The van der Waals surface area contributed by atoms with Crippen molar-refractivity contribution in [3.05, 3.63) is 29.3 Å². The number of anilines is 1. The first-order chi connectivity index (χ1) is 8.60. The number of carbonyl (C=O) groups excluding carboxylic acids is 1. The minimum atomic E-state index is -0.197. The van der Waals surface area contributed by atoms with E-state index in [9.17, 15) is 4.79 Å². The van der Waals surface area contributed by atoms with Gasteiger partial charge >= 0.3 is 5.97 Å². The molecular weight excluding hydrogens is 252 g/mol. The number of nitrogens with zero attached hydrogens (tertiary/aromatic N) is 1. The SMILES string of the molecule is COC(=O)C1CC(N)CN(c2cccc(Cl)c2)C1. The Kier molecular flexibility index (Phi) is 4.09. The third kappa shape index (κ3) is 2.94. The highest BCUT2D eigenvalue weighted by molar-refractivity contribution is 6.30. The number of esters is 1. The normalized spacial score (nSPS) is 23.8. The van der Waals surface area contributed by atoms with Crippen molar-refractivity contribution in [1.82, 2.24) is 0 Å². The van der Waals surface area contributed by atoms with Gasteiger partial charge < -0.3 is 15.4 Å². The average Bonchev–Trinajstić information content (AvgIpc) is 2.37. The lowest BCUT2D eigenvalue weighted by Gasteiger charge is -2.36. The molecule has 1 aromatic carbocycles. The monoisotopic (exact) mass is 268 g/mol. The lowest BCUT2D eigenvalue weighted by Crippen LogP contribution is -2.49. The molecule has 1 saturated heterocycles. The Balaban J connectivity index is 2.15. The van der Waals surface area contributed by atoms with Crippen LogP contribution in [0, 0.1) is 5.92 Å². The smallest absolute Gasteiger partial charge is 0.310 e. The molecule has 2 unspecified atom stereocenters. The summed E-state index contributed by atoms with van der Waals surface area (Å²) in [5.41, 5.74) is 6.99. The largest absolute Gasteiger partial charge is 0.469 e. The molecule has 1 aliphatic heterocycles. The predicted octanol–water partition coefficient (Wildman–Crippen LogP) is 1.67. The van der Waals surface area contributed by atoms with Crippen LogP contribution in [0.15, 0.2) is 24.3 Å². The van der Waals surface area contributed by atoms with Crippen LogP contribution in [0.3, 0.4) is 0 Å². The Morgan fingerprint density at radius 2 is 2.28 bits per heavy atom. The Bertz CT molecular complexity index is 439. The lowest BCUT2D eigenvalue weighted by molar-refractivity contribution is -0.145. The first kappa shape index (κ1) is 13.2. The highest BCUT2D eigenvalue weighted by Crippen LogP contribution is 2.25. The fourth-order valence-electron chi connectivity index (χ4n) is 2.36. The average molecular weight is 269 g/mol. The van der Waals surface area contributed by atoms with E-state index in [1.807, 2.05) is 24.3 Å². The molecule has 0 spiro atoms. The number of rotatable bonds is 2. The fourth-order valence-corrected chi connectivity index (χ4v) is 2.54. The van der Waals surface area contributed by atoms with Gasteiger partial charge in [-0.15, -0.1) is 0 Å². The molecule has 98 valence electrons. The van der Waals surface area contributed by atoms with Gasteiger partial charge in [-0.3, -0.25) is 4.79 Å². The van der Waals surface area contributed by atoms with Gasteiger partial charge in [-0.25, -0.2) is 0 Å². The van der Waals surface area contributed by atoms with E-state index in [-0.39, 0.29) is 17.9 Å². The fraction of sp³-hybridized carbons (Fsp3) is 0.462. The van der Waals surface area contributed by atoms with Crippen LogP contribution in [0.5, 0.6) is 0 Å². The van der Waals surface area contributed by atoms with E-state index in [4.69, 9.17) is 22.1 Å². The van der Waals surface area contributed by atoms with Crippen molar-refractivity contribution in [2.24, 2.45) is 11.7 Å². The van der Waals surface area contributed by atoms with Gasteiger partial charge in [0.25, 0.3) is 0 Å². The van der Waals surface area contributed by atoms with Crippen LogP contribution in [0.2, 0.25) is 5.02 Å². The van der Waals surface area contributed by atoms with Crippen molar-refractivity contribution in [1.29, 1.82) is 0 Å². The first-order valence-electron chi connectivity index (χ1n) is 5.94. The van der Waals surface area contributed by atoms with Crippen LogP contribution in [0.25, 0.3) is 0 Å². The second-order valence-electron chi connectivity index (χ2n) is 4.60. The quantitative estimate of drug-likeness (QED) is 0.829. The van der Waals surface area contributed by atoms with E-state index in [0.29, 0.717) is 18.0 Å². The van der Waals surface area contributed by atoms with Gasteiger partial charge in [0.15, 0.2) is 0 Å². The van der Waals surface area contributed by atoms with Gasteiger partial charge in [0.05, 0.1) is 13.0 Å². The number of piperidine rings is 1. The zero-order chi connectivity index (χ0) is 13.1. The summed E-state index contributed by atoms with van der Waals surface area (Å²) >= 11 is 5.98. The van der Waals surface area contributed by atoms with Crippen LogP contribution in [0.4, 0.5) is 5.69 Å². The highest BCUT2D eigenvalue weighted by atomic mass is 35.5. The number of benzene rings is 1. The van der Waals surface area contributed by atoms with Gasteiger partial charge in [-0.05, 0) is 24.6 Å². The van der Waals surface area contributed by atoms with Crippen molar-refractivity contribution >= 4 is 23.3 Å². The van der Waals surface area contributed by atoms with Crippen LogP contribution >= 0.6 is 11.6 Å². The van der Waals surface area contributed by atoms with Crippen LogP contribution in [0.1, 0.15) is 6.42 Å². The number of hydrogen-bond donors (Lipinski definition) is 1. The third-order valence-electron chi connectivity index (χ3n) is 3.19. The maximum atomic E-state index is 11.6. The second kappa shape index (κ2) is 5.59. The number of nitrogens with two attached hydrogens (primary N) is 1. The van der Waals surface area contributed by atoms with Crippen molar-refractivity contribution < 1.29 is 9.53 Å². The van der Waals surface area contributed by atoms with Crippen LogP contribution < -0.4 is 10.6 Å². The molecule has 2 atom stereocenters. The van der Waals surface area contributed by atoms with Crippen molar-refractivity contribution in [3.8, 4) is 0 Å². The summed E-state index contributed by atoms with van der Waals surface area (Å²) < 4.78 is 4.80. The van der Waals surface area contributed by atoms with Gasteiger partial charge in [0.2, 0.25) is 0 Å². The second-order valence-corrected chi connectivity index (χ2v) is 5.04. The topological polar surface area (TPSA) is 55.6 Å². The van der Waals surface area contributed by atoms with E-state index in [0.717, 1.165) is 12.2 Å². The molecule has 1 heterocycles. The molecule has 2 N–H and O–H groups in total. The van der Waals surface area contributed by atoms with E-state index < -0.39 is 0 Å². The number of halogens is 1. The van der Waals surface area contributed by atoms with E-state index in [1.165, 1.54) is 7.11 Å². The maximum absolute atomic E-state index is 11.6.